The average molecular weight is 479 g/mol. The van der Waals surface area contributed by atoms with Crippen molar-refractivity contribution < 1.29 is 19.1 Å². The molecule has 3 aromatic carbocycles. The number of ether oxygens (including phenoxy) is 2. The Kier molecular flexibility index (Phi) is 7.13. The highest BCUT2D eigenvalue weighted by atomic mass is 35.5. The van der Waals surface area contributed by atoms with Crippen molar-refractivity contribution in [2.75, 3.05) is 26.8 Å². The highest BCUT2D eigenvalue weighted by molar-refractivity contribution is 6.30. The normalized spacial score (nSPS) is 10.9. The minimum atomic E-state index is -0.571. The van der Waals surface area contributed by atoms with Crippen molar-refractivity contribution >= 4 is 45.3 Å². The summed E-state index contributed by atoms with van der Waals surface area (Å²) in [5, 5.41) is 1.65. The zero-order valence-electron chi connectivity index (χ0n) is 18.6. The van der Waals surface area contributed by atoms with Crippen LogP contribution in [0.3, 0.4) is 0 Å². The lowest BCUT2D eigenvalue weighted by atomic mass is 10.1. The van der Waals surface area contributed by atoms with Gasteiger partial charge >= 0.3 is 5.97 Å². The third-order valence-electron chi connectivity index (χ3n) is 5.46. The molecule has 0 spiro atoms. The molecule has 0 N–H and O–H groups in total. The largest absolute Gasteiger partial charge is 0.492 e. The van der Waals surface area contributed by atoms with Crippen LogP contribution < -0.4 is 10.2 Å². The molecule has 0 saturated heterocycles. The van der Waals surface area contributed by atoms with Crippen LogP contribution in [0.25, 0.3) is 21.8 Å². The highest BCUT2D eigenvalue weighted by Gasteiger charge is 2.16. The molecular weight excluding hydrogens is 456 g/mol. The van der Waals surface area contributed by atoms with Crippen molar-refractivity contribution in [2.45, 2.75) is 6.54 Å². The van der Waals surface area contributed by atoms with Gasteiger partial charge in [0.25, 0.3) is 5.91 Å². The van der Waals surface area contributed by atoms with Crippen LogP contribution in [0.1, 0.15) is 0 Å². The molecule has 0 aliphatic rings. The maximum atomic E-state index is 12.8. The predicted molar refractivity (Wildman–Crippen MR) is 131 cm³/mol. The summed E-state index contributed by atoms with van der Waals surface area (Å²) in [6.07, 6.45) is 0. The van der Waals surface area contributed by atoms with Crippen LogP contribution in [0.4, 0.5) is 0 Å². The van der Waals surface area contributed by atoms with Crippen molar-refractivity contribution in [1.29, 1.82) is 0 Å². The lowest BCUT2D eigenvalue weighted by Gasteiger charge is -2.18. The van der Waals surface area contributed by atoms with E-state index in [1.54, 1.807) is 72.3 Å². The van der Waals surface area contributed by atoms with Crippen LogP contribution in [-0.2, 0) is 20.9 Å². The van der Waals surface area contributed by atoms with E-state index >= 15 is 0 Å². The van der Waals surface area contributed by atoms with Crippen molar-refractivity contribution in [2.24, 2.45) is 0 Å². The molecule has 0 bridgehead atoms. The smallest absolute Gasteiger partial charge is 0.326 e. The lowest BCUT2D eigenvalue weighted by molar-refractivity contribution is -0.152. The van der Waals surface area contributed by atoms with Gasteiger partial charge in [0.2, 0.25) is 0 Å². The van der Waals surface area contributed by atoms with Crippen molar-refractivity contribution in [3.05, 3.63) is 88.0 Å². The van der Waals surface area contributed by atoms with E-state index < -0.39 is 5.97 Å². The summed E-state index contributed by atoms with van der Waals surface area (Å²) in [6.45, 7) is 0.103. The van der Waals surface area contributed by atoms with Crippen LogP contribution >= 0.6 is 11.6 Å². The SMILES string of the molecule is CN(CCOc1ccc(Cl)cc1)C(=O)COC(=O)Cn1c2ccccc2c(=O)c2ccccc21. The molecule has 0 aliphatic heterocycles. The molecule has 0 fully saturated rings. The number of fused-ring (bicyclic) bond motifs is 2. The number of rotatable bonds is 8. The molecule has 4 aromatic rings. The van der Waals surface area contributed by atoms with E-state index in [0.29, 0.717) is 39.1 Å². The zero-order valence-corrected chi connectivity index (χ0v) is 19.3. The van der Waals surface area contributed by atoms with Gasteiger partial charge in [-0.2, -0.15) is 0 Å². The van der Waals surface area contributed by atoms with E-state index in [9.17, 15) is 14.4 Å². The van der Waals surface area contributed by atoms with E-state index in [1.807, 2.05) is 12.1 Å². The average Bonchev–Trinajstić information content (AvgIpc) is 2.86. The van der Waals surface area contributed by atoms with Gasteiger partial charge in [-0.1, -0.05) is 35.9 Å². The van der Waals surface area contributed by atoms with Gasteiger partial charge < -0.3 is 18.9 Å². The van der Waals surface area contributed by atoms with Crippen LogP contribution in [0.15, 0.2) is 77.6 Å². The molecule has 0 saturated carbocycles. The predicted octanol–water partition coefficient (Wildman–Crippen LogP) is 3.89. The summed E-state index contributed by atoms with van der Waals surface area (Å²) < 4.78 is 12.6. The number of likely N-dealkylation sites (N-methyl/N-ethyl adjacent to an activating group) is 1. The monoisotopic (exact) mass is 478 g/mol. The summed E-state index contributed by atoms with van der Waals surface area (Å²) >= 11 is 5.85. The standard InChI is InChI=1S/C26H23ClN2O5/c1-28(14-15-33-19-12-10-18(27)11-13-19)24(30)17-34-25(31)16-29-22-8-4-2-6-20(22)26(32)21-7-3-5-9-23(21)29/h2-13H,14-17H2,1H3. The number of carbonyl (C=O) groups excluding carboxylic acids is 2. The number of halogens is 1. The number of para-hydroxylation sites is 2. The van der Waals surface area contributed by atoms with E-state index in [-0.39, 0.29) is 31.1 Å². The number of pyridine rings is 1. The maximum Gasteiger partial charge on any atom is 0.326 e. The van der Waals surface area contributed by atoms with Crippen LogP contribution in [0.5, 0.6) is 5.75 Å². The maximum absolute atomic E-state index is 12.8. The van der Waals surface area contributed by atoms with E-state index in [2.05, 4.69) is 0 Å². The summed E-state index contributed by atoms with van der Waals surface area (Å²) in [5.74, 6) is -0.266. The third kappa shape index (κ3) is 5.21. The number of carbonyl (C=O) groups is 2. The fourth-order valence-electron chi connectivity index (χ4n) is 3.63. The molecule has 34 heavy (non-hydrogen) atoms. The summed E-state index contributed by atoms with van der Waals surface area (Å²) in [4.78, 5) is 39.2. The first kappa shape index (κ1) is 23.3. The first-order chi connectivity index (χ1) is 16.4. The Balaban J connectivity index is 1.37. The Hall–Kier alpha value is -3.84. The van der Waals surface area contributed by atoms with Gasteiger partial charge in [-0.05, 0) is 48.5 Å². The van der Waals surface area contributed by atoms with E-state index in [4.69, 9.17) is 21.1 Å². The fraction of sp³-hybridized carbons (Fsp3) is 0.192. The number of hydrogen-bond acceptors (Lipinski definition) is 5. The second-order valence-corrected chi connectivity index (χ2v) is 8.16. The molecule has 1 aromatic heterocycles. The number of amides is 1. The Morgan fingerprint density at radius 2 is 1.50 bits per heavy atom. The molecule has 8 heteroatoms. The Morgan fingerprint density at radius 3 is 2.12 bits per heavy atom. The fourth-order valence-corrected chi connectivity index (χ4v) is 3.76. The molecular formula is C26H23ClN2O5. The Morgan fingerprint density at radius 1 is 0.912 bits per heavy atom. The van der Waals surface area contributed by atoms with Crippen LogP contribution in [0.2, 0.25) is 5.02 Å². The summed E-state index contributed by atoms with van der Waals surface area (Å²) in [5.41, 5.74) is 1.17. The molecule has 7 nitrogen and oxygen atoms in total. The van der Waals surface area contributed by atoms with Gasteiger partial charge in [-0.15, -0.1) is 0 Å². The molecule has 0 aliphatic carbocycles. The topological polar surface area (TPSA) is 77.8 Å². The van der Waals surface area contributed by atoms with Gasteiger partial charge in [0, 0.05) is 22.8 Å². The Bertz CT molecular complexity index is 1340. The van der Waals surface area contributed by atoms with Gasteiger partial charge in [-0.3, -0.25) is 14.4 Å². The van der Waals surface area contributed by atoms with Crippen LogP contribution in [0, 0.1) is 0 Å². The quantitative estimate of drug-likeness (QED) is 0.283. The van der Waals surface area contributed by atoms with Gasteiger partial charge in [-0.25, -0.2) is 0 Å². The molecule has 0 atom stereocenters. The van der Waals surface area contributed by atoms with Gasteiger partial charge in [0.1, 0.15) is 18.9 Å². The Labute approximate surface area is 201 Å². The van der Waals surface area contributed by atoms with E-state index in [1.165, 1.54) is 4.90 Å². The number of hydrogen-bond donors (Lipinski definition) is 0. The molecule has 0 unspecified atom stereocenters. The third-order valence-corrected chi connectivity index (χ3v) is 5.71. The number of esters is 1. The van der Waals surface area contributed by atoms with Crippen molar-refractivity contribution in [3.8, 4) is 5.75 Å². The van der Waals surface area contributed by atoms with Crippen LogP contribution in [-0.4, -0.2) is 48.1 Å². The number of aromatic nitrogens is 1. The zero-order chi connectivity index (χ0) is 24.1. The summed E-state index contributed by atoms with van der Waals surface area (Å²) in [7, 11) is 1.62. The van der Waals surface area contributed by atoms with Gasteiger partial charge in [0.15, 0.2) is 12.0 Å². The van der Waals surface area contributed by atoms with Crippen molar-refractivity contribution in [1.82, 2.24) is 9.47 Å². The minimum absolute atomic E-state index is 0.0894. The molecule has 0 radical (unpaired) electrons. The summed E-state index contributed by atoms with van der Waals surface area (Å²) in [6, 6.07) is 21.2. The highest BCUT2D eigenvalue weighted by Crippen LogP contribution is 2.19. The molecule has 4 rings (SSSR count). The minimum Gasteiger partial charge on any atom is -0.492 e. The van der Waals surface area contributed by atoms with E-state index in [0.717, 1.165) is 0 Å². The number of benzene rings is 3. The first-order valence-corrected chi connectivity index (χ1v) is 11.1. The second kappa shape index (κ2) is 10.4. The lowest BCUT2D eigenvalue weighted by Crippen LogP contribution is -2.34. The molecule has 1 amide bonds. The van der Waals surface area contributed by atoms with Crippen molar-refractivity contribution in [3.63, 3.8) is 0 Å². The molecule has 1 heterocycles. The second-order valence-electron chi connectivity index (χ2n) is 7.73. The van der Waals surface area contributed by atoms with Gasteiger partial charge in [0.05, 0.1) is 17.6 Å². The first-order valence-electron chi connectivity index (χ1n) is 10.7. The number of nitrogens with zero attached hydrogens (tertiary/aromatic N) is 2. The molecule has 174 valence electrons.